The molecule has 0 saturated heterocycles. The molecule has 3 nitrogen and oxygen atoms in total. The average molecular weight is 168 g/mol. The standard InChI is InChI=1S/C6H11N.C3H5NO/c1-2-7-5-3-4-6-7;1-2-3(4)5/h3,5H,2,4,6H2,1H3;2H,1H2,(H2,4,5). The number of carbonyl (C=O) groups is 1. The van der Waals surface area contributed by atoms with Crippen molar-refractivity contribution in [3.8, 4) is 0 Å². The fraction of sp³-hybridized carbons (Fsp3) is 0.444. The van der Waals surface area contributed by atoms with Crippen LogP contribution >= 0.6 is 0 Å². The molecule has 3 heteroatoms. The molecule has 1 rings (SSSR count). The molecule has 1 aliphatic rings. The molecule has 0 unspecified atom stereocenters. The minimum Gasteiger partial charge on any atom is -0.378 e. The Morgan fingerprint density at radius 1 is 1.83 bits per heavy atom. The summed E-state index contributed by atoms with van der Waals surface area (Å²) in [4.78, 5) is 11.8. The Balaban J connectivity index is 0.000000217. The van der Waals surface area contributed by atoms with E-state index in [2.05, 4.69) is 36.4 Å². The van der Waals surface area contributed by atoms with Gasteiger partial charge in [0.15, 0.2) is 0 Å². The van der Waals surface area contributed by atoms with E-state index in [4.69, 9.17) is 0 Å². The maximum atomic E-state index is 9.47. The molecule has 0 aliphatic carbocycles. The highest BCUT2D eigenvalue weighted by atomic mass is 16.1. The summed E-state index contributed by atoms with van der Waals surface area (Å²) in [5, 5.41) is 0. The highest BCUT2D eigenvalue weighted by molar-refractivity contribution is 5.84. The van der Waals surface area contributed by atoms with Crippen LogP contribution in [0.5, 0.6) is 0 Å². The molecular formula is C9H16N2O. The third-order valence-corrected chi connectivity index (χ3v) is 1.51. The summed E-state index contributed by atoms with van der Waals surface area (Å²) in [6.45, 7) is 7.66. The molecule has 1 amide bonds. The fourth-order valence-corrected chi connectivity index (χ4v) is 0.802. The molecule has 0 aromatic rings. The van der Waals surface area contributed by atoms with Gasteiger partial charge in [-0.15, -0.1) is 0 Å². The van der Waals surface area contributed by atoms with Gasteiger partial charge < -0.3 is 10.6 Å². The quantitative estimate of drug-likeness (QED) is 0.622. The highest BCUT2D eigenvalue weighted by Crippen LogP contribution is 2.00. The van der Waals surface area contributed by atoms with Crippen LogP contribution in [0.25, 0.3) is 0 Å². The van der Waals surface area contributed by atoms with E-state index in [1.165, 1.54) is 13.0 Å². The molecule has 12 heavy (non-hydrogen) atoms. The van der Waals surface area contributed by atoms with E-state index in [0.29, 0.717) is 0 Å². The first-order valence-electron chi connectivity index (χ1n) is 4.03. The van der Waals surface area contributed by atoms with Crippen LogP contribution in [0.4, 0.5) is 0 Å². The van der Waals surface area contributed by atoms with Crippen LogP contribution in [0.2, 0.25) is 0 Å². The first-order valence-corrected chi connectivity index (χ1v) is 4.03. The second-order valence-corrected chi connectivity index (χ2v) is 2.41. The maximum absolute atomic E-state index is 9.47. The minimum absolute atomic E-state index is 0.481. The fourth-order valence-electron chi connectivity index (χ4n) is 0.802. The van der Waals surface area contributed by atoms with Crippen molar-refractivity contribution >= 4 is 5.91 Å². The van der Waals surface area contributed by atoms with Crippen molar-refractivity contribution in [1.82, 2.24) is 4.90 Å². The number of amides is 1. The van der Waals surface area contributed by atoms with Crippen LogP contribution in [0.15, 0.2) is 24.9 Å². The van der Waals surface area contributed by atoms with Gasteiger partial charge in [0.2, 0.25) is 5.91 Å². The van der Waals surface area contributed by atoms with Crippen molar-refractivity contribution in [2.24, 2.45) is 5.73 Å². The van der Waals surface area contributed by atoms with Crippen LogP contribution in [0, 0.1) is 0 Å². The summed E-state index contributed by atoms with van der Waals surface area (Å²) in [5.41, 5.74) is 4.53. The van der Waals surface area contributed by atoms with Gasteiger partial charge in [0.25, 0.3) is 0 Å². The van der Waals surface area contributed by atoms with E-state index in [1.807, 2.05) is 0 Å². The van der Waals surface area contributed by atoms with E-state index in [-0.39, 0.29) is 0 Å². The molecule has 0 bridgehead atoms. The molecule has 0 aromatic heterocycles. The Labute approximate surface area is 73.5 Å². The summed E-state index contributed by atoms with van der Waals surface area (Å²) >= 11 is 0. The van der Waals surface area contributed by atoms with Gasteiger partial charge in [-0.25, -0.2) is 0 Å². The maximum Gasteiger partial charge on any atom is 0.240 e. The molecule has 0 atom stereocenters. The molecule has 1 heterocycles. The molecule has 2 N–H and O–H groups in total. The number of nitrogens with two attached hydrogens (primary N) is 1. The topological polar surface area (TPSA) is 46.3 Å². The van der Waals surface area contributed by atoms with Crippen LogP contribution in [0.1, 0.15) is 13.3 Å². The Morgan fingerprint density at radius 2 is 2.42 bits per heavy atom. The third-order valence-electron chi connectivity index (χ3n) is 1.51. The normalized spacial score (nSPS) is 13.6. The van der Waals surface area contributed by atoms with Crippen LogP contribution in [0.3, 0.4) is 0 Å². The van der Waals surface area contributed by atoms with E-state index < -0.39 is 5.91 Å². The van der Waals surface area contributed by atoms with Gasteiger partial charge in [-0.1, -0.05) is 12.7 Å². The predicted molar refractivity (Wildman–Crippen MR) is 50.4 cm³/mol. The lowest BCUT2D eigenvalue weighted by molar-refractivity contribution is -0.113. The number of carbonyl (C=O) groups excluding carboxylic acids is 1. The minimum atomic E-state index is -0.481. The van der Waals surface area contributed by atoms with Gasteiger partial charge in [0.05, 0.1) is 0 Å². The van der Waals surface area contributed by atoms with Crippen LogP contribution in [-0.2, 0) is 4.79 Å². The van der Waals surface area contributed by atoms with Gasteiger partial charge >= 0.3 is 0 Å². The molecule has 0 saturated carbocycles. The third kappa shape index (κ3) is 5.53. The second-order valence-electron chi connectivity index (χ2n) is 2.41. The van der Waals surface area contributed by atoms with Crippen molar-refractivity contribution < 1.29 is 4.79 Å². The van der Waals surface area contributed by atoms with Gasteiger partial charge in [-0.3, -0.25) is 4.79 Å². The molecule has 0 radical (unpaired) electrons. The van der Waals surface area contributed by atoms with Crippen molar-refractivity contribution in [3.63, 3.8) is 0 Å². The zero-order chi connectivity index (χ0) is 9.40. The number of hydrogen-bond donors (Lipinski definition) is 1. The lowest BCUT2D eigenvalue weighted by Gasteiger charge is -2.09. The summed E-state index contributed by atoms with van der Waals surface area (Å²) in [6.07, 6.45) is 6.68. The summed E-state index contributed by atoms with van der Waals surface area (Å²) < 4.78 is 0. The lowest BCUT2D eigenvalue weighted by Crippen LogP contribution is -2.12. The zero-order valence-corrected chi connectivity index (χ0v) is 7.49. The Morgan fingerprint density at radius 3 is 2.58 bits per heavy atom. The van der Waals surface area contributed by atoms with E-state index in [0.717, 1.165) is 12.6 Å². The lowest BCUT2D eigenvalue weighted by atomic mass is 10.5. The second kappa shape index (κ2) is 6.46. The van der Waals surface area contributed by atoms with Gasteiger partial charge in [0, 0.05) is 13.1 Å². The molecule has 0 spiro atoms. The average Bonchev–Trinajstić information content (AvgIpc) is 2.57. The molecule has 68 valence electrons. The Kier molecular flexibility index (Phi) is 5.79. The Bertz CT molecular complexity index is 175. The highest BCUT2D eigenvalue weighted by Gasteiger charge is 1.97. The smallest absolute Gasteiger partial charge is 0.240 e. The van der Waals surface area contributed by atoms with Gasteiger partial charge in [-0.05, 0) is 25.6 Å². The van der Waals surface area contributed by atoms with Gasteiger partial charge in [0.1, 0.15) is 0 Å². The van der Waals surface area contributed by atoms with Crippen molar-refractivity contribution in [1.29, 1.82) is 0 Å². The zero-order valence-electron chi connectivity index (χ0n) is 7.49. The number of rotatable bonds is 2. The first-order chi connectivity index (χ1) is 5.70. The molecular weight excluding hydrogens is 152 g/mol. The number of primary amides is 1. The predicted octanol–water partition coefficient (Wildman–Crippen LogP) is 0.883. The SMILES string of the molecule is C=CC(N)=O.CCN1C=CCC1. The summed E-state index contributed by atoms with van der Waals surface area (Å²) in [6, 6.07) is 0. The number of hydrogen-bond acceptors (Lipinski definition) is 2. The largest absolute Gasteiger partial charge is 0.378 e. The van der Waals surface area contributed by atoms with Gasteiger partial charge in [-0.2, -0.15) is 0 Å². The monoisotopic (exact) mass is 168 g/mol. The Hall–Kier alpha value is -1.25. The first kappa shape index (κ1) is 10.8. The molecule has 1 aliphatic heterocycles. The summed E-state index contributed by atoms with van der Waals surface area (Å²) in [7, 11) is 0. The molecule has 0 aromatic carbocycles. The van der Waals surface area contributed by atoms with Crippen molar-refractivity contribution in [3.05, 3.63) is 24.9 Å². The van der Waals surface area contributed by atoms with E-state index in [9.17, 15) is 4.79 Å². The number of nitrogens with zero attached hydrogens (tertiary/aromatic N) is 1. The van der Waals surface area contributed by atoms with Crippen molar-refractivity contribution in [2.75, 3.05) is 13.1 Å². The van der Waals surface area contributed by atoms with Crippen LogP contribution in [-0.4, -0.2) is 23.9 Å². The molecule has 0 fully saturated rings. The van der Waals surface area contributed by atoms with Crippen LogP contribution < -0.4 is 5.73 Å². The van der Waals surface area contributed by atoms with E-state index >= 15 is 0 Å². The summed E-state index contributed by atoms with van der Waals surface area (Å²) in [5.74, 6) is -0.481. The van der Waals surface area contributed by atoms with Crippen molar-refractivity contribution in [2.45, 2.75) is 13.3 Å². The van der Waals surface area contributed by atoms with E-state index in [1.54, 1.807) is 0 Å².